The highest BCUT2D eigenvalue weighted by Crippen LogP contribution is 2.26. The first-order valence-electron chi connectivity index (χ1n) is 8.20. The number of para-hydroxylation sites is 1. The second kappa shape index (κ2) is 6.20. The molecule has 1 aromatic heterocycles. The van der Waals surface area contributed by atoms with E-state index in [9.17, 15) is 0 Å². The van der Waals surface area contributed by atoms with Crippen LogP contribution in [-0.2, 0) is 13.6 Å². The number of aromatic nitrogens is 1. The van der Waals surface area contributed by atoms with Crippen LogP contribution in [0, 0.1) is 6.92 Å². The maximum atomic E-state index is 3.54. The number of nitrogens with zero attached hydrogens (tertiary/aromatic N) is 2. The molecule has 3 rings (SSSR count). The fourth-order valence-electron chi connectivity index (χ4n) is 3.70. The number of fused-ring (bicyclic) bond motifs is 1. The Bertz CT molecular complexity index is 569. The smallest absolute Gasteiger partial charge is 0.0483 e. The van der Waals surface area contributed by atoms with Crippen LogP contribution in [0.15, 0.2) is 24.3 Å². The lowest BCUT2D eigenvalue weighted by Gasteiger charge is -2.34. The first-order valence-corrected chi connectivity index (χ1v) is 8.20. The average molecular weight is 285 g/mol. The molecule has 1 aromatic carbocycles. The summed E-state index contributed by atoms with van der Waals surface area (Å²) < 4.78 is 2.38. The third-order valence-electron chi connectivity index (χ3n) is 5.05. The van der Waals surface area contributed by atoms with Gasteiger partial charge in [-0.1, -0.05) is 25.1 Å². The van der Waals surface area contributed by atoms with Gasteiger partial charge < -0.3 is 9.88 Å². The zero-order valence-corrected chi connectivity index (χ0v) is 13.5. The highest BCUT2D eigenvalue weighted by molar-refractivity contribution is 5.85. The quantitative estimate of drug-likeness (QED) is 0.931. The second-order valence-electron chi connectivity index (χ2n) is 6.21. The molecule has 0 radical (unpaired) electrons. The Hall–Kier alpha value is -1.32. The third kappa shape index (κ3) is 2.72. The summed E-state index contributed by atoms with van der Waals surface area (Å²) >= 11 is 0. The van der Waals surface area contributed by atoms with E-state index in [1.54, 1.807) is 0 Å². The molecule has 21 heavy (non-hydrogen) atoms. The van der Waals surface area contributed by atoms with Crippen LogP contribution < -0.4 is 5.32 Å². The Morgan fingerprint density at radius 2 is 2.14 bits per heavy atom. The summed E-state index contributed by atoms with van der Waals surface area (Å²) in [7, 11) is 2.21. The summed E-state index contributed by atoms with van der Waals surface area (Å²) in [5.41, 5.74) is 4.25. The van der Waals surface area contributed by atoms with Crippen molar-refractivity contribution in [3.8, 4) is 0 Å². The molecule has 1 atom stereocenters. The maximum absolute atomic E-state index is 3.54. The van der Waals surface area contributed by atoms with Crippen LogP contribution in [0.3, 0.4) is 0 Å². The van der Waals surface area contributed by atoms with Gasteiger partial charge in [0.05, 0.1) is 0 Å². The molecule has 114 valence electrons. The lowest BCUT2D eigenvalue weighted by atomic mass is 10.0. The van der Waals surface area contributed by atoms with Gasteiger partial charge in [-0.15, -0.1) is 0 Å². The van der Waals surface area contributed by atoms with Gasteiger partial charge in [-0.2, -0.15) is 0 Å². The largest absolute Gasteiger partial charge is 0.346 e. The molecule has 0 bridgehead atoms. The molecule has 1 aliphatic heterocycles. The number of aryl methyl sites for hydroxylation is 2. The van der Waals surface area contributed by atoms with Crippen LogP contribution in [-0.4, -0.2) is 35.1 Å². The Kier molecular flexibility index (Phi) is 4.32. The van der Waals surface area contributed by atoms with Gasteiger partial charge in [-0.25, -0.2) is 0 Å². The number of nitrogens with one attached hydrogen (secondary N) is 1. The SMILES string of the molecule is CCN(Cc1c(C)c2ccccc2n1C)C1CCCNC1. The molecular formula is C18H27N3. The number of rotatable bonds is 4. The van der Waals surface area contributed by atoms with Crippen molar-refractivity contribution < 1.29 is 0 Å². The molecule has 0 aliphatic carbocycles. The first kappa shape index (κ1) is 14.6. The van der Waals surface area contributed by atoms with Crippen molar-refractivity contribution in [2.45, 2.75) is 39.3 Å². The van der Waals surface area contributed by atoms with Gasteiger partial charge in [0.2, 0.25) is 0 Å². The van der Waals surface area contributed by atoms with Crippen LogP contribution in [0.2, 0.25) is 0 Å². The third-order valence-corrected chi connectivity index (χ3v) is 5.05. The number of benzene rings is 1. The Balaban J connectivity index is 1.89. The second-order valence-corrected chi connectivity index (χ2v) is 6.21. The predicted molar refractivity (Wildman–Crippen MR) is 89.6 cm³/mol. The van der Waals surface area contributed by atoms with Crippen LogP contribution in [0.25, 0.3) is 10.9 Å². The number of hydrogen-bond donors (Lipinski definition) is 1. The van der Waals surface area contributed by atoms with Crippen LogP contribution in [0.5, 0.6) is 0 Å². The highest BCUT2D eigenvalue weighted by atomic mass is 15.2. The summed E-state index contributed by atoms with van der Waals surface area (Å²) in [5, 5.41) is 4.94. The van der Waals surface area contributed by atoms with E-state index in [1.807, 2.05) is 0 Å². The van der Waals surface area contributed by atoms with E-state index in [0.29, 0.717) is 6.04 Å². The van der Waals surface area contributed by atoms with E-state index >= 15 is 0 Å². The lowest BCUT2D eigenvalue weighted by molar-refractivity contribution is 0.163. The molecule has 1 fully saturated rings. The van der Waals surface area contributed by atoms with Crippen molar-refractivity contribution in [1.82, 2.24) is 14.8 Å². The molecule has 0 amide bonds. The minimum atomic E-state index is 0.682. The standard InChI is InChI=1S/C18H27N3/c1-4-21(15-8-7-11-19-12-15)13-18-14(2)16-9-5-6-10-17(16)20(18)3/h5-6,9-10,15,19H,4,7-8,11-13H2,1-3H3. The molecule has 0 spiro atoms. The van der Waals surface area contributed by atoms with Gasteiger partial charge in [-0.3, -0.25) is 4.90 Å². The summed E-state index contributed by atoms with van der Waals surface area (Å²) in [6.45, 7) is 9.04. The number of hydrogen-bond acceptors (Lipinski definition) is 2. The zero-order chi connectivity index (χ0) is 14.8. The van der Waals surface area contributed by atoms with Gasteiger partial charge >= 0.3 is 0 Å². The van der Waals surface area contributed by atoms with Crippen molar-refractivity contribution in [3.05, 3.63) is 35.5 Å². The predicted octanol–water partition coefficient (Wildman–Crippen LogP) is 3.06. The molecule has 1 unspecified atom stereocenters. The highest BCUT2D eigenvalue weighted by Gasteiger charge is 2.22. The lowest BCUT2D eigenvalue weighted by Crippen LogP contribution is -2.45. The van der Waals surface area contributed by atoms with E-state index in [4.69, 9.17) is 0 Å². The van der Waals surface area contributed by atoms with Gasteiger partial charge in [0.1, 0.15) is 0 Å². The van der Waals surface area contributed by atoms with Crippen molar-refractivity contribution in [2.75, 3.05) is 19.6 Å². The molecule has 3 heteroatoms. The summed E-state index contributed by atoms with van der Waals surface area (Å²) in [4.78, 5) is 2.63. The minimum absolute atomic E-state index is 0.682. The maximum Gasteiger partial charge on any atom is 0.0483 e. The first-order chi connectivity index (χ1) is 10.2. The molecule has 0 saturated carbocycles. The minimum Gasteiger partial charge on any atom is -0.346 e. The van der Waals surface area contributed by atoms with E-state index in [2.05, 4.69) is 59.9 Å². The molecule has 2 aromatic rings. The average Bonchev–Trinajstić information content (AvgIpc) is 2.78. The Morgan fingerprint density at radius 1 is 1.33 bits per heavy atom. The monoisotopic (exact) mass is 285 g/mol. The summed E-state index contributed by atoms with van der Waals surface area (Å²) in [6.07, 6.45) is 2.62. The van der Waals surface area contributed by atoms with Crippen molar-refractivity contribution in [1.29, 1.82) is 0 Å². The van der Waals surface area contributed by atoms with Crippen LogP contribution in [0.4, 0.5) is 0 Å². The summed E-state index contributed by atoms with van der Waals surface area (Å²) in [6, 6.07) is 9.42. The topological polar surface area (TPSA) is 20.2 Å². The van der Waals surface area contributed by atoms with E-state index < -0.39 is 0 Å². The molecule has 3 nitrogen and oxygen atoms in total. The van der Waals surface area contributed by atoms with Gasteiger partial charge in [0, 0.05) is 42.8 Å². The fourth-order valence-corrected chi connectivity index (χ4v) is 3.70. The normalized spacial score (nSPS) is 19.5. The molecule has 2 heterocycles. The Morgan fingerprint density at radius 3 is 2.81 bits per heavy atom. The van der Waals surface area contributed by atoms with Gasteiger partial charge in [-0.05, 0) is 44.5 Å². The van der Waals surface area contributed by atoms with Gasteiger partial charge in [0.25, 0.3) is 0 Å². The Labute approximate surface area is 127 Å². The van der Waals surface area contributed by atoms with E-state index in [0.717, 1.165) is 19.6 Å². The molecular weight excluding hydrogens is 258 g/mol. The van der Waals surface area contributed by atoms with Crippen LogP contribution >= 0.6 is 0 Å². The molecule has 1 aliphatic rings. The van der Waals surface area contributed by atoms with Crippen molar-refractivity contribution >= 4 is 10.9 Å². The van der Waals surface area contributed by atoms with E-state index in [1.165, 1.54) is 41.5 Å². The molecule has 1 N–H and O–H groups in total. The van der Waals surface area contributed by atoms with Gasteiger partial charge in [0.15, 0.2) is 0 Å². The summed E-state index contributed by atoms with van der Waals surface area (Å²) in [5.74, 6) is 0. The van der Waals surface area contributed by atoms with Crippen molar-refractivity contribution in [3.63, 3.8) is 0 Å². The number of piperidine rings is 1. The fraction of sp³-hybridized carbons (Fsp3) is 0.556. The zero-order valence-electron chi connectivity index (χ0n) is 13.5. The van der Waals surface area contributed by atoms with Crippen LogP contribution in [0.1, 0.15) is 31.0 Å². The molecule has 1 saturated heterocycles. The van der Waals surface area contributed by atoms with E-state index in [-0.39, 0.29) is 0 Å². The van der Waals surface area contributed by atoms with Crippen molar-refractivity contribution in [2.24, 2.45) is 7.05 Å². The number of likely N-dealkylation sites (N-methyl/N-ethyl adjacent to an activating group) is 1.